The van der Waals surface area contributed by atoms with Crippen LogP contribution in [0.25, 0.3) is 0 Å². The maximum atomic E-state index is 4.02. The molecule has 0 aliphatic heterocycles. The van der Waals surface area contributed by atoms with Crippen LogP contribution in [0.1, 0.15) is 26.7 Å². The van der Waals surface area contributed by atoms with Gasteiger partial charge in [-0.15, -0.1) is 0 Å². The third kappa shape index (κ3) is 4.20. The van der Waals surface area contributed by atoms with Crippen LogP contribution in [0.15, 0.2) is 0 Å². The molecular weight excluding hydrogens is 104 g/mol. The Morgan fingerprint density at radius 3 is 2.43 bits per heavy atom. The second kappa shape index (κ2) is 4.51. The lowest BCUT2D eigenvalue weighted by Gasteiger charge is -2.01. The van der Waals surface area contributed by atoms with E-state index in [-0.39, 0.29) is 0 Å². The SMILES string of the molecule is CCCC(C)[CH]S. The topological polar surface area (TPSA) is 0 Å². The smallest absolute Gasteiger partial charge is 0.0161 e. The Bertz CT molecular complexity index is 35.2. The van der Waals surface area contributed by atoms with E-state index in [2.05, 4.69) is 26.5 Å². The molecule has 1 unspecified atom stereocenters. The van der Waals surface area contributed by atoms with Gasteiger partial charge in [0.15, 0.2) is 0 Å². The van der Waals surface area contributed by atoms with Crippen LogP contribution < -0.4 is 0 Å². The average Bonchev–Trinajstić information content (AvgIpc) is 1.68. The first-order valence-electron chi connectivity index (χ1n) is 2.78. The fourth-order valence-corrected chi connectivity index (χ4v) is 0.679. The Kier molecular flexibility index (Phi) is 4.73. The third-order valence-electron chi connectivity index (χ3n) is 0.998. The number of thiol groups is 1. The van der Waals surface area contributed by atoms with Crippen LogP contribution in [0.2, 0.25) is 0 Å². The van der Waals surface area contributed by atoms with Crippen LogP contribution in [-0.4, -0.2) is 0 Å². The Hall–Kier alpha value is 0.350. The second-order valence-electron chi connectivity index (χ2n) is 1.92. The van der Waals surface area contributed by atoms with Crippen molar-refractivity contribution >= 4 is 12.6 Å². The van der Waals surface area contributed by atoms with Crippen LogP contribution >= 0.6 is 12.6 Å². The average molecular weight is 117 g/mol. The molecule has 0 N–H and O–H groups in total. The Morgan fingerprint density at radius 1 is 1.71 bits per heavy atom. The van der Waals surface area contributed by atoms with E-state index >= 15 is 0 Å². The van der Waals surface area contributed by atoms with Gasteiger partial charge in [-0.25, -0.2) is 0 Å². The molecule has 43 valence electrons. The molecule has 0 bridgehead atoms. The maximum absolute atomic E-state index is 4.02. The molecule has 1 radical (unpaired) electrons. The van der Waals surface area contributed by atoms with E-state index in [0.717, 1.165) is 0 Å². The summed E-state index contributed by atoms with van der Waals surface area (Å²) >= 11 is 4.02. The summed E-state index contributed by atoms with van der Waals surface area (Å²) in [5.74, 6) is 2.64. The molecule has 0 saturated heterocycles. The van der Waals surface area contributed by atoms with Crippen LogP contribution in [0.3, 0.4) is 0 Å². The molecule has 7 heavy (non-hydrogen) atoms. The number of hydrogen-bond donors (Lipinski definition) is 1. The van der Waals surface area contributed by atoms with Gasteiger partial charge in [0, 0.05) is 5.75 Å². The van der Waals surface area contributed by atoms with Crippen LogP contribution in [0, 0.1) is 11.7 Å². The lowest BCUT2D eigenvalue weighted by atomic mass is 10.1. The number of hydrogen-bond acceptors (Lipinski definition) is 1. The van der Waals surface area contributed by atoms with Gasteiger partial charge < -0.3 is 0 Å². The Labute approximate surface area is 51.7 Å². The van der Waals surface area contributed by atoms with Gasteiger partial charge in [-0.1, -0.05) is 20.3 Å². The van der Waals surface area contributed by atoms with E-state index < -0.39 is 0 Å². The minimum Gasteiger partial charge on any atom is -0.174 e. The zero-order valence-corrected chi connectivity index (χ0v) is 5.91. The predicted molar refractivity (Wildman–Crippen MR) is 37.4 cm³/mol. The first-order chi connectivity index (χ1) is 3.31. The fraction of sp³-hybridized carbons (Fsp3) is 0.833. The molecule has 0 nitrogen and oxygen atoms in total. The summed E-state index contributed by atoms with van der Waals surface area (Å²) in [4.78, 5) is 0. The highest BCUT2D eigenvalue weighted by atomic mass is 32.1. The van der Waals surface area contributed by atoms with Crippen molar-refractivity contribution in [3.8, 4) is 0 Å². The highest BCUT2D eigenvalue weighted by Gasteiger charge is 1.93. The van der Waals surface area contributed by atoms with Gasteiger partial charge in [0.1, 0.15) is 0 Å². The van der Waals surface area contributed by atoms with E-state index in [4.69, 9.17) is 0 Å². The molecule has 0 aromatic rings. The van der Waals surface area contributed by atoms with E-state index in [1.54, 1.807) is 0 Å². The van der Waals surface area contributed by atoms with Crippen molar-refractivity contribution in [2.45, 2.75) is 26.7 Å². The molecule has 1 heteroatoms. The van der Waals surface area contributed by atoms with Crippen LogP contribution in [0.5, 0.6) is 0 Å². The van der Waals surface area contributed by atoms with E-state index in [9.17, 15) is 0 Å². The lowest BCUT2D eigenvalue weighted by molar-refractivity contribution is 0.622. The standard InChI is InChI=1S/C6H13S/c1-3-4-6(2)5-7/h5-7H,3-4H2,1-2H3. The lowest BCUT2D eigenvalue weighted by Crippen LogP contribution is -1.87. The second-order valence-corrected chi connectivity index (χ2v) is 2.21. The molecule has 0 saturated carbocycles. The van der Waals surface area contributed by atoms with Gasteiger partial charge in [0.25, 0.3) is 0 Å². The summed E-state index contributed by atoms with van der Waals surface area (Å²) in [5, 5.41) is 0. The Morgan fingerprint density at radius 2 is 2.29 bits per heavy atom. The zero-order valence-electron chi connectivity index (χ0n) is 5.02. The van der Waals surface area contributed by atoms with Gasteiger partial charge in [-0.05, 0) is 12.3 Å². The summed E-state index contributed by atoms with van der Waals surface area (Å²) in [6.45, 7) is 4.37. The molecule has 0 heterocycles. The van der Waals surface area contributed by atoms with Gasteiger partial charge >= 0.3 is 0 Å². The molecule has 0 spiro atoms. The molecule has 0 fully saturated rings. The summed E-state index contributed by atoms with van der Waals surface area (Å²) in [6.07, 6.45) is 2.53. The molecule has 0 amide bonds. The van der Waals surface area contributed by atoms with Gasteiger partial charge in [0.2, 0.25) is 0 Å². The Balaban J connectivity index is 2.83. The van der Waals surface area contributed by atoms with E-state index in [1.807, 2.05) is 5.75 Å². The van der Waals surface area contributed by atoms with Crippen molar-refractivity contribution in [3.63, 3.8) is 0 Å². The summed E-state index contributed by atoms with van der Waals surface area (Å²) in [5.41, 5.74) is 0. The third-order valence-corrected chi connectivity index (χ3v) is 1.51. The quantitative estimate of drug-likeness (QED) is 0.539. The first-order valence-corrected chi connectivity index (χ1v) is 3.30. The first kappa shape index (κ1) is 7.35. The van der Waals surface area contributed by atoms with Crippen LogP contribution in [-0.2, 0) is 0 Å². The molecule has 0 aliphatic carbocycles. The minimum absolute atomic E-state index is 0.688. The van der Waals surface area contributed by atoms with Gasteiger partial charge in [-0.3, -0.25) is 0 Å². The zero-order chi connectivity index (χ0) is 5.70. The van der Waals surface area contributed by atoms with Crippen molar-refractivity contribution in [2.24, 2.45) is 5.92 Å². The molecule has 0 rings (SSSR count). The number of rotatable bonds is 3. The fourth-order valence-electron chi connectivity index (χ4n) is 0.530. The summed E-state index contributed by atoms with van der Waals surface area (Å²) in [6, 6.07) is 0. The summed E-state index contributed by atoms with van der Waals surface area (Å²) in [7, 11) is 0. The highest BCUT2D eigenvalue weighted by Crippen LogP contribution is 2.09. The van der Waals surface area contributed by atoms with Crippen molar-refractivity contribution in [3.05, 3.63) is 5.75 Å². The molecule has 0 aliphatic rings. The minimum atomic E-state index is 0.688. The van der Waals surface area contributed by atoms with Crippen molar-refractivity contribution in [1.82, 2.24) is 0 Å². The van der Waals surface area contributed by atoms with Crippen molar-refractivity contribution < 1.29 is 0 Å². The van der Waals surface area contributed by atoms with E-state index in [1.165, 1.54) is 12.8 Å². The van der Waals surface area contributed by atoms with Crippen molar-refractivity contribution in [1.29, 1.82) is 0 Å². The largest absolute Gasteiger partial charge is 0.174 e. The van der Waals surface area contributed by atoms with Gasteiger partial charge in [0.05, 0.1) is 0 Å². The predicted octanol–water partition coefficient (Wildman–Crippen LogP) is 2.51. The monoisotopic (exact) mass is 117 g/mol. The van der Waals surface area contributed by atoms with E-state index in [0.29, 0.717) is 5.92 Å². The molecule has 0 aromatic carbocycles. The molecular formula is C6H13S. The van der Waals surface area contributed by atoms with Crippen LogP contribution in [0.4, 0.5) is 0 Å². The molecule has 0 aromatic heterocycles. The normalized spacial score (nSPS) is 14.1. The van der Waals surface area contributed by atoms with Crippen molar-refractivity contribution in [2.75, 3.05) is 0 Å². The molecule has 1 atom stereocenters. The maximum Gasteiger partial charge on any atom is 0.0161 e. The van der Waals surface area contributed by atoms with Gasteiger partial charge in [-0.2, -0.15) is 12.6 Å². The summed E-state index contributed by atoms with van der Waals surface area (Å²) < 4.78 is 0. The highest BCUT2D eigenvalue weighted by molar-refractivity contribution is 7.82.